The third-order valence-corrected chi connectivity index (χ3v) is 6.97. The Hall–Kier alpha value is -1.06. The van der Waals surface area contributed by atoms with Crippen LogP contribution in [-0.4, -0.2) is 41.9 Å². The summed E-state index contributed by atoms with van der Waals surface area (Å²) in [7, 11) is 0. The average molecular weight is 361 g/mol. The van der Waals surface area contributed by atoms with Crippen LogP contribution in [0.2, 0.25) is 5.02 Å². The average Bonchev–Trinajstić information content (AvgIpc) is 3.20. The Balaban J connectivity index is 1.22. The first-order chi connectivity index (χ1) is 12.2. The first-order valence-electron chi connectivity index (χ1n) is 9.92. The van der Waals surface area contributed by atoms with Gasteiger partial charge in [0.05, 0.1) is 0 Å². The third kappa shape index (κ3) is 4.03. The maximum atomic E-state index is 12.7. The molecule has 1 aromatic carbocycles. The molecule has 0 bridgehead atoms. The zero-order valence-corrected chi connectivity index (χ0v) is 15.8. The Kier molecular flexibility index (Phi) is 5.33. The van der Waals surface area contributed by atoms with Gasteiger partial charge in [0.15, 0.2) is 0 Å². The molecular formula is C21H29ClN2O. The summed E-state index contributed by atoms with van der Waals surface area (Å²) in [5, 5.41) is 0.861. The van der Waals surface area contributed by atoms with Crippen LogP contribution in [-0.2, 0) is 11.3 Å². The van der Waals surface area contributed by atoms with Crippen LogP contribution in [0.25, 0.3) is 0 Å². The van der Waals surface area contributed by atoms with Crippen LogP contribution in [0, 0.1) is 17.8 Å². The molecule has 3 aliphatic rings. The van der Waals surface area contributed by atoms with E-state index in [0.29, 0.717) is 11.8 Å². The molecule has 2 heterocycles. The number of halogens is 1. The standard InChI is InChI=1S/C21H29ClN2O/c22-20-7-2-1-4-19(20)13-23-10-8-16(9-11-23)12-21(25)24-14-17-5-3-6-18(17)15-24/h1-2,4,7,16-18H,3,5-6,8-15H2. The van der Waals surface area contributed by atoms with Crippen molar-refractivity contribution in [3.05, 3.63) is 34.9 Å². The van der Waals surface area contributed by atoms with Gasteiger partial charge in [-0.05, 0) is 68.2 Å². The predicted octanol–water partition coefficient (Wildman–Crippen LogP) is 4.20. The topological polar surface area (TPSA) is 23.6 Å². The van der Waals surface area contributed by atoms with Crippen molar-refractivity contribution < 1.29 is 4.79 Å². The van der Waals surface area contributed by atoms with Gasteiger partial charge in [-0.15, -0.1) is 0 Å². The largest absolute Gasteiger partial charge is 0.342 e. The van der Waals surface area contributed by atoms with E-state index in [9.17, 15) is 4.79 Å². The Morgan fingerprint density at radius 3 is 2.40 bits per heavy atom. The SMILES string of the molecule is O=C(CC1CCN(Cc2ccccc2Cl)CC1)N1CC2CCCC2C1. The van der Waals surface area contributed by atoms with Gasteiger partial charge in [-0.3, -0.25) is 9.69 Å². The lowest BCUT2D eigenvalue weighted by molar-refractivity contribution is -0.131. The molecule has 1 saturated carbocycles. The summed E-state index contributed by atoms with van der Waals surface area (Å²) in [6, 6.07) is 8.12. The van der Waals surface area contributed by atoms with Gasteiger partial charge in [0.1, 0.15) is 0 Å². The molecule has 1 aliphatic carbocycles. The number of piperidine rings is 1. The molecule has 1 amide bonds. The normalized spacial score (nSPS) is 27.6. The zero-order valence-electron chi connectivity index (χ0n) is 15.0. The van der Waals surface area contributed by atoms with Gasteiger partial charge in [0, 0.05) is 31.1 Å². The molecule has 2 saturated heterocycles. The lowest BCUT2D eigenvalue weighted by Crippen LogP contribution is -2.36. The number of likely N-dealkylation sites (tertiary alicyclic amines) is 2. The van der Waals surface area contributed by atoms with Gasteiger partial charge in [0.2, 0.25) is 5.91 Å². The highest BCUT2D eigenvalue weighted by Crippen LogP contribution is 2.38. The minimum Gasteiger partial charge on any atom is -0.342 e. The van der Waals surface area contributed by atoms with Gasteiger partial charge in [0.25, 0.3) is 0 Å². The van der Waals surface area contributed by atoms with Crippen molar-refractivity contribution in [1.29, 1.82) is 0 Å². The summed E-state index contributed by atoms with van der Waals surface area (Å²) in [6.07, 6.45) is 7.10. The van der Waals surface area contributed by atoms with E-state index in [2.05, 4.69) is 21.9 Å². The van der Waals surface area contributed by atoms with Gasteiger partial charge in [-0.25, -0.2) is 0 Å². The second-order valence-corrected chi connectivity index (χ2v) is 8.67. The van der Waals surface area contributed by atoms with Crippen LogP contribution in [0.5, 0.6) is 0 Å². The zero-order chi connectivity index (χ0) is 17.2. The number of carbonyl (C=O) groups excluding carboxylic acids is 1. The van der Waals surface area contributed by atoms with Crippen molar-refractivity contribution in [2.45, 2.75) is 45.1 Å². The second kappa shape index (κ2) is 7.67. The molecule has 3 fully saturated rings. The van der Waals surface area contributed by atoms with E-state index in [1.807, 2.05) is 12.1 Å². The van der Waals surface area contributed by atoms with Gasteiger partial charge in [-0.1, -0.05) is 36.2 Å². The molecule has 0 aromatic heterocycles. The van der Waals surface area contributed by atoms with Crippen LogP contribution in [0.15, 0.2) is 24.3 Å². The molecule has 136 valence electrons. The fourth-order valence-electron chi connectivity index (χ4n) is 5.03. The molecule has 25 heavy (non-hydrogen) atoms. The summed E-state index contributed by atoms with van der Waals surface area (Å²) in [6.45, 7) is 5.16. The number of rotatable bonds is 4. The Morgan fingerprint density at radius 2 is 1.72 bits per heavy atom. The molecule has 0 radical (unpaired) electrons. The summed E-state index contributed by atoms with van der Waals surface area (Å²) in [5.41, 5.74) is 1.21. The summed E-state index contributed by atoms with van der Waals surface area (Å²) in [4.78, 5) is 17.3. The lowest BCUT2D eigenvalue weighted by Gasteiger charge is -2.32. The van der Waals surface area contributed by atoms with Crippen molar-refractivity contribution in [2.75, 3.05) is 26.2 Å². The molecule has 2 unspecified atom stereocenters. The highest BCUT2D eigenvalue weighted by atomic mass is 35.5. The van der Waals surface area contributed by atoms with Gasteiger partial charge in [-0.2, -0.15) is 0 Å². The molecular weight excluding hydrogens is 332 g/mol. The maximum Gasteiger partial charge on any atom is 0.222 e. The smallest absolute Gasteiger partial charge is 0.222 e. The number of fused-ring (bicyclic) bond motifs is 1. The van der Waals surface area contributed by atoms with Crippen molar-refractivity contribution in [3.63, 3.8) is 0 Å². The monoisotopic (exact) mass is 360 g/mol. The third-order valence-electron chi connectivity index (χ3n) is 6.60. The molecule has 2 atom stereocenters. The lowest BCUT2D eigenvalue weighted by atomic mass is 9.92. The fourth-order valence-corrected chi connectivity index (χ4v) is 5.23. The van der Waals surface area contributed by atoms with E-state index in [1.165, 1.54) is 24.8 Å². The Morgan fingerprint density at radius 1 is 1.04 bits per heavy atom. The molecule has 0 spiro atoms. The first-order valence-corrected chi connectivity index (χ1v) is 10.3. The van der Waals surface area contributed by atoms with Crippen LogP contribution in [0.4, 0.5) is 0 Å². The van der Waals surface area contributed by atoms with Crippen LogP contribution >= 0.6 is 11.6 Å². The molecule has 0 N–H and O–H groups in total. The summed E-state index contributed by atoms with van der Waals surface area (Å²) >= 11 is 6.28. The van der Waals surface area contributed by atoms with Crippen molar-refractivity contribution in [2.24, 2.45) is 17.8 Å². The van der Waals surface area contributed by atoms with Crippen molar-refractivity contribution >= 4 is 17.5 Å². The Bertz CT molecular complexity index is 600. The van der Waals surface area contributed by atoms with E-state index in [0.717, 1.165) is 68.8 Å². The number of hydrogen-bond donors (Lipinski definition) is 0. The fraction of sp³-hybridized carbons (Fsp3) is 0.667. The summed E-state index contributed by atoms with van der Waals surface area (Å²) in [5.74, 6) is 2.59. The second-order valence-electron chi connectivity index (χ2n) is 8.26. The van der Waals surface area contributed by atoms with Crippen molar-refractivity contribution in [3.8, 4) is 0 Å². The first kappa shape index (κ1) is 17.4. The number of nitrogens with zero attached hydrogens (tertiary/aromatic N) is 2. The number of benzene rings is 1. The van der Waals surface area contributed by atoms with Crippen LogP contribution in [0.1, 0.15) is 44.1 Å². The molecule has 2 aliphatic heterocycles. The van der Waals surface area contributed by atoms with E-state index in [4.69, 9.17) is 11.6 Å². The molecule has 1 aromatic rings. The van der Waals surface area contributed by atoms with Gasteiger partial charge >= 0.3 is 0 Å². The van der Waals surface area contributed by atoms with E-state index in [1.54, 1.807) is 0 Å². The van der Waals surface area contributed by atoms with E-state index in [-0.39, 0.29) is 0 Å². The van der Waals surface area contributed by atoms with Crippen LogP contribution in [0.3, 0.4) is 0 Å². The number of hydrogen-bond acceptors (Lipinski definition) is 2. The van der Waals surface area contributed by atoms with Crippen molar-refractivity contribution in [1.82, 2.24) is 9.80 Å². The molecule has 3 nitrogen and oxygen atoms in total. The Labute approximate surface area is 156 Å². The summed E-state index contributed by atoms with van der Waals surface area (Å²) < 4.78 is 0. The van der Waals surface area contributed by atoms with E-state index >= 15 is 0 Å². The number of carbonyl (C=O) groups is 1. The minimum atomic E-state index is 0.416. The quantitative estimate of drug-likeness (QED) is 0.803. The highest BCUT2D eigenvalue weighted by molar-refractivity contribution is 6.31. The highest BCUT2D eigenvalue weighted by Gasteiger charge is 2.38. The van der Waals surface area contributed by atoms with Crippen LogP contribution < -0.4 is 0 Å². The van der Waals surface area contributed by atoms with E-state index < -0.39 is 0 Å². The van der Waals surface area contributed by atoms with Gasteiger partial charge < -0.3 is 4.90 Å². The predicted molar refractivity (Wildman–Crippen MR) is 101 cm³/mol. The molecule has 4 rings (SSSR count). The number of amides is 1. The maximum absolute atomic E-state index is 12.7. The minimum absolute atomic E-state index is 0.416. The molecule has 4 heteroatoms.